The lowest BCUT2D eigenvalue weighted by atomic mass is 10.0. The zero-order valence-corrected chi connectivity index (χ0v) is 12.1. The Labute approximate surface area is 113 Å². The van der Waals surface area contributed by atoms with Gasteiger partial charge in [-0.05, 0) is 32.4 Å². The highest BCUT2D eigenvalue weighted by molar-refractivity contribution is 7.89. The molecule has 1 rings (SSSR count). The van der Waals surface area contributed by atoms with Gasteiger partial charge in [0, 0.05) is 18.2 Å². The molecule has 0 bridgehead atoms. The highest BCUT2D eigenvalue weighted by Gasteiger charge is 2.27. The molecule has 1 aromatic rings. The second-order valence-electron chi connectivity index (χ2n) is 4.87. The van der Waals surface area contributed by atoms with E-state index in [0.717, 1.165) is 0 Å². The monoisotopic (exact) mass is 288 g/mol. The van der Waals surface area contributed by atoms with E-state index in [1.807, 2.05) is 0 Å². The number of anilines is 1. The highest BCUT2D eigenvalue weighted by atomic mass is 32.2. The second kappa shape index (κ2) is 5.77. The van der Waals surface area contributed by atoms with Crippen LogP contribution in [0, 0.1) is 0 Å². The van der Waals surface area contributed by atoms with Gasteiger partial charge in [-0.25, -0.2) is 13.1 Å². The average molecular weight is 288 g/mol. The number of hydrogen-bond donors (Lipinski definition) is 3. The fourth-order valence-electron chi connectivity index (χ4n) is 1.65. The first-order chi connectivity index (χ1) is 8.72. The zero-order chi connectivity index (χ0) is 14.7. The molecule has 19 heavy (non-hydrogen) atoms. The van der Waals surface area contributed by atoms with Gasteiger partial charge >= 0.3 is 0 Å². The van der Waals surface area contributed by atoms with Crippen LogP contribution in [0.4, 0.5) is 5.69 Å². The number of nitrogen functional groups attached to an aromatic ring is 1. The Balaban J connectivity index is 3.07. The molecule has 0 spiro atoms. The Bertz CT molecular complexity index is 541. The van der Waals surface area contributed by atoms with E-state index >= 15 is 0 Å². The summed E-state index contributed by atoms with van der Waals surface area (Å²) in [7, 11) is -2.26. The first-order valence-corrected chi connectivity index (χ1v) is 7.28. The van der Waals surface area contributed by atoms with Gasteiger partial charge in [-0.15, -0.1) is 0 Å². The van der Waals surface area contributed by atoms with Gasteiger partial charge in [0.25, 0.3) is 0 Å². The van der Waals surface area contributed by atoms with Crippen LogP contribution >= 0.6 is 0 Å². The van der Waals surface area contributed by atoms with Crippen LogP contribution in [-0.4, -0.2) is 32.8 Å². The van der Waals surface area contributed by atoms with Gasteiger partial charge in [0.1, 0.15) is 10.6 Å². The van der Waals surface area contributed by atoms with Gasteiger partial charge < -0.3 is 15.6 Å². The summed E-state index contributed by atoms with van der Waals surface area (Å²) in [6.45, 7) is 3.29. The molecule has 0 radical (unpaired) electrons. The molecule has 0 saturated carbocycles. The number of benzene rings is 1. The molecule has 0 heterocycles. The number of aliphatic hydroxyl groups is 1. The van der Waals surface area contributed by atoms with E-state index < -0.39 is 15.6 Å². The van der Waals surface area contributed by atoms with E-state index in [9.17, 15) is 8.42 Å². The van der Waals surface area contributed by atoms with Crippen molar-refractivity contribution in [3.63, 3.8) is 0 Å². The molecule has 6 nitrogen and oxygen atoms in total. The number of ether oxygens (including phenoxy) is 1. The summed E-state index contributed by atoms with van der Waals surface area (Å²) < 4.78 is 32.0. The Morgan fingerprint density at radius 3 is 2.53 bits per heavy atom. The topological polar surface area (TPSA) is 102 Å². The molecule has 0 amide bonds. The summed E-state index contributed by atoms with van der Waals surface area (Å²) in [6, 6.07) is 4.38. The minimum Gasteiger partial charge on any atom is -0.497 e. The molecule has 0 saturated heterocycles. The van der Waals surface area contributed by atoms with Crippen LogP contribution in [-0.2, 0) is 10.0 Å². The fourth-order valence-corrected chi connectivity index (χ4v) is 3.20. The van der Waals surface area contributed by atoms with Crippen LogP contribution < -0.4 is 15.2 Å². The van der Waals surface area contributed by atoms with Crippen LogP contribution in [0.5, 0.6) is 5.75 Å². The molecular formula is C12H20N2O4S. The maximum atomic E-state index is 12.2. The third kappa shape index (κ3) is 4.09. The number of nitrogens with two attached hydrogens (primary N) is 1. The van der Waals surface area contributed by atoms with Crippen LogP contribution in [0.1, 0.15) is 20.3 Å². The Kier molecular flexibility index (Phi) is 4.78. The maximum absolute atomic E-state index is 12.2. The minimum atomic E-state index is -3.74. The first kappa shape index (κ1) is 15.7. The Morgan fingerprint density at radius 2 is 2.05 bits per heavy atom. The quantitative estimate of drug-likeness (QED) is 0.669. The van der Waals surface area contributed by atoms with E-state index in [1.54, 1.807) is 13.8 Å². The first-order valence-electron chi connectivity index (χ1n) is 5.80. The van der Waals surface area contributed by atoms with E-state index in [2.05, 4.69) is 4.72 Å². The average Bonchev–Trinajstić information content (AvgIpc) is 2.26. The van der Waals surface area contributed by atoms with Crippen LogP contribution in [0.2, 0.25) is 0 Å². The molecule has 0 unspecified atom stereocenters. The molecule has 0 atom stereocenters. The van der Waals surface area contributed by atoms with E-state index in [4.69, 9.17) is 15.6 Å². The summed E-state index contributed by atoms with van der Waals surface area (Å²) in [6.07, 6.45) is 0.308. The molecule has 108 valence electrons. The number of nitrogens with one attached hydrogen (secondary N) is 1. The predicted octanol–water partition coefficient (Wildman–Crippen LogP) is 0.717. The normalized spacial score (nSPS) is 12.4. The van der Waals surface area contributed by atoms with Crippen LogP contribution in [0.25, 0.3) is 0 Å². The minimum absolute atomic E-state index is 0.000634. The van der Waals surface area contributed by atoms with Crippen molar-refractivity contribution in [1.29, 1.82) is 0 Å². The van der Waals surface area contributed by atoms with E-state index in [-0.39, 0.29) is 17.2 Å². The molecule has 0 aliphatic rings. The number of rotatable bonds is 6. The van der Waals surface area contributed by atoms with Crippen molar-refractivity contribution in [2.24, 2.45) is 0 Å². The maximum Gasteiger partial charge on any atom is 0.243 e. The lowest BCUT2D eigenvalue weighted by molar-refractivity contribution is 0.246. The van der Waals surface area contributed by atoms with Gasteiger partial charge in [0.05, 0.1) is 12.8 Å². The van der Waals surface area contributed by atoms with Crippen molar-refractivity contribution in [1.82, 2.24) is 4.72 Å². The zero-order valence-electron chi connectivity index (χ0n) is 11.3. The number of hydrogen-bond acceptors (Lipinski definition) is 5. The van der Waals surface area contributed by atoms with Crippen LogP contribution in [0.15, 0.2) is 23.1 Å². The molecule has 1 aromatic carbocycles. The van der Waals surface area contributed by atoms with E-state index in [1.165, 1.54) is 25.3 Å². The van der Waals surface area contributed by atoms with Crippen molar-refractivity contribution in [3.8, 4) is 5.75 Å². The van der Waals surface area contributed by atoms with Crippen molar-refractivity contribution >= 4 is 15.7 Å². The highest BCUT2D eigenvalue weighted by Crippen LogP contribution is 2.25. The lowest BCUT2D eigenvalue weighted by Crippen LogP contribution is -2.44. The fraction of sp³-hybridized carbons (Fsp3) is 0.500. The number of methoxy groups -OCH3 is 1. The molecule has 4 N–H and O–H groups in total. The van der Waals surface area contributed by atoms with Crippen molar-refractivity contribution in [2.75, 3.05) is 19.5 Å². The van der Waals surface area contributed by atoms with Crippen molar-refractivity contribution in [3.05, 3.63) is 18.2 Å². The molecule has 7 heteroatoms. The standard InChI is InChI=1S/C12H20N2O4S/c1-12(2,6-7-15)14-19(16,17)11-5-4-9(18-3)8-10(11)13/h4-5,8,14-15H,6-7,13H2,1-3H3. The summed E-state index contributed by atoms with van der Waals surface area (Å²) >= 11 is 0. The summed E-state index contributed by atoms with van der Waals surface area (Å²) in [5, 5.41) is 8.92. The third-order valence-electron chi connectivity index (χ3n) is 2.65. The summed E-state index contributed by atoms with van der Waals surface area (Å²) in [5.74, 6) is 0.492. The largest absolute Gasteiger partial charge is 0.497 e. The molecule has 0 aliphatic carbocycles. The van der Waals surface area contributed by atoms with Gasteiger partial charge in [-0.3, -0.25) is 0 Å². The van der Waals surface area contributed by atoms with Crippen molar-refractivity contribution < 1.29 is 18.3 Å². The van der Waals surface area contributed by atoms with Gasteiger partial charge in [0.15, 0.2) is 0 Å². The smallest absolute Gasteiger partial charge is 0.243 e. The summed E-state index contributed by atoms with van der Waals surface area (Å²) in [4.78, 5) is -0.000634. The number of aliphatic hydroxyl groups excluding tert-OH is 1. The molecule has 0 aliphatic heterocycles. The van der Waals surface area contributed by atoms with Gasteiger partial charge in [-0.1, -0.05) is 0 Å². The molecule has 0 fully saturated rings. The SMILES string of the molecule is COc1ccc(S(=O)(=O)NC(C)(C)CCO)c(N)c1. The Morgan fingerprint density at radius 1 is 1.42 bits per heavy atom. The Hall–Kier alpha value is -1.31. The predicted molar refractivity (Wildman–Crippen MR) is 73.5 cm³/mol. The van der Waals surface area contributed by atoms with Crippen LogP contribution in [0.3, 0.4) is 0 Å². The summed E-state index contributed by atoms with van der Waals surface area (Å²) in [5.41, 5.74) is 5.09. The lowest BCUT2D eigenvalue weighted by Gasteiger charge is -2.25. The molecule has 0 aromatic heterocycles. The second-order valence-corrected chi connectivity index (χ2v) is 6.52. The van der Waals surface area contributed by atoms with Gasteiger partial charge in [0.2, 0.25) is 10.0 Å². The van der Waals surface area contributed by atoms with Crippen molar-refractivity contribution in [2.45, 2.75) is 30.7 Å². The van der Waals surface area contributed by atoms with Gasteiger partial charge in [-0.2, -0.15) is 0 Å². The third-order valence-corrected chi connectivity index (χ3v) is 4.43. The number of sulfonamides is 1. The van der Waals surface area contributed by atoms with E-state index in [0.29, 0.717) is 12.2 Å². The molecular weight excluding hydrogens is 268 g/mol.